The van der Waals surface area contributed by atoms with E-state index >= 15 is 0 Å². The van der Waals surface area contributed by atoms with Crippen molar-refractivity contribution < 1.29 is 23.5 Å². The molecule has 0 atom stereocenters. The third-order valence-electron chi connectivity index (χ3n) is 3.58. The largest absolute Gasteiger partial charge is 0.478 e. The molecular weight excluding hydrogens is 330 g/mol. The Morgan fingerprint density at radius 1 is 1.24 bits per heavy atom. The summed E-state index contributed by atoms with van der Waals surface area (Å²) in [5.41, 5.74) is 0.331. The van der Waals surface area contributed by atoms with Crippen LogP contribution >= 0.6 is 0 Å². The van der Waals surface area contributed by atoms with Gasteiger partial charge in [-0.1, -0.05) is 18.2 Å². The van der Waals surface area contributed by atoms with Gasteiger partial charge in [0.25, 0.3) is 5.91 Å². The number of carbonyl (C=O) groups is 2. The number of carboxylic acids is 1. The molecule has 0 aliphatic rings. The Morgan fingerprint density at radius 3 is 2.60 bits per heavy atom. The fourth-order valence-corrected chi connectivity index (χ4v) is 2.15. The number of hydrazone groups is 1. The van der Waals surface area contributed by atoms with Crippen LogP contribution in [0, 0.1) is 18.6 Å². The van der Waals surface area contributed by atoms with Gasteiger partial charge in [0.15, 0.2) is 0 Å². The molecule has 0 spiro atoms. The molecule has 0 aliphatic carbocycles. The van der Waals surface area contributed by atoms with E-state index in [2.05, 4.69) is 5.10 Å². The number of benzene rings is 2. The molecular formula is C18H16F2N2O3. The van der Waals surface area contributed by atoms with Crippen LogP contribution in [0.4, 0.5) is 8.78 Å². The van der Waals surface area contributed by atoms with E-state index in [1.165, 1.54) is 31.5 Å². The molecule has 7 heteroatoms. The average molecular weight is 346 g/mol. The first kappa shape index (κ1) is 18.3. The van der Waals surface area contributed by atoms with Crippen LogP contribution < -0.4 is 0 Å². The zero-order valence-corrected chi connectivity index (χ0v) is 13.7. The number of hydrogen-bond acceptors (Lipinski definition) is 3. The number of aryl methyl sites for hydroxylation is 1. The average Bonchev–Trinajstić information content (AvgIpc) is 2.57. The first-order chi connectivity index (χ1) is 11.8. The highest BCUT2D eigenvalue weighted by atomic mass is 19.1. The normalized spacial score (nSPS) is 10.9. The minimum absolute atomic E-state index is 0.0552. The van der Waals surface area contributed by atoms with Gasteiger partial charge in [0, 0.05) is 19.7 Å². The van der Waals surface area contributed by atoms with Gasteiger partial charge in [-0.15, -0.1) is 0 Å². The van der Waals surface area contributed by atoms with Crippen LogP contribution in [0.15, 0.2) is 41.5 Å². The maximum atomic E-state index is 14.0. The second-order valence-electron chi connectivity index (χ2n) is 5.38. The van der Waals surface area contributed by atoms with Gasteiger partial charge in [-0.25, -0.2) is 18.6 Å². The highest BCUT2D eigenvalue weighted by Gasteiger charge is 2.16. The third-order valence-corrected chi connectivity index (χ3v) is 3.58. The molecule has 0 saturated heterocycles. The van der Waals surface area contributed by atoms with E-state index in [9.17, 15) is 18.4 Å². The zero-order valence-electron chi connectivity index (χ0n) is 13.7. The summed E-state index contributed by atoms with van der Waals surface area (Å²) in [6.45, 7) is 1.55. The van der Waals surface area contributed by atoms with Crippen LogP contribution in [-0.2, 0) is 6.42 Å². The van der Waals surface area contributed by atoms with E-state index in [0.717, 1.165) is 11.1 Å². The first-order valence-corrected chi connectivity index (χ1v) is 7.38. The molecule has 0 bridgehead atoms. The quantitative estimate of drug-likeness (QED) is 0.667. The number of rotatable bonds is 5. The second kappa shape index (κ2) is 7.65. The second-order valence-corrected chi connectivity index (χ2v) is 5.38. The predicted octanol–water partition coefficient (Wildman–Crippen LogP) is 3.27. The molecule has 0 aliphatic heterocycles. The molecule has 0 aromatic heterocycles. The fraction of sp³-hybridized carbons (Fsp3) is 0.167. The Labute approximate surface area is 143 Å². The van der Waals surface area contributed by atoms with Crippen molar-refractivity contribution in [2.75, 3.05) is 7.05 Å². The summed E-state index contributed by atoms with van der Waals surface area (Å²) in [6, 6.07) is 8.03. The minimum atomic E-state index is -1.22. The predicted molar refractivity (Wildman–Crippen MR) is 88.8 cm³/mol. The Hall–Kier alpha value is -3.09. The molecule has 0 fully saturated rings. The molecule has 5 nitrogen and oxygen atoms in total. The summed E-state index contributed by atoms with van der Waals surface area (Å²) in [5.74, 6) is -3.13. The molecule has 2 rings (SSSR count). The van der Waals surface area contributed by atoms with Gasteiger partial charge in [0.2, 0.25) is 0 Å². The lowest BCUT2D eigenvalue weighted by Gasteiger charge is -2.12. The summed E-state index contributed by atoms with van der Waals surface area (Å²) in [7, 11) is 1.37. The molecule has 2 aromatic carbocycles. The molecule has 0 saturated carbocycles. The van der Waals surface area contributed by atoms with E-state index < -0.39 is 23.5 Å². The molecule has 0 radical (unpaired) electrons. The molecule has 0 unspecified atom stereocenters. The first-order valence-electron chi connectivity index (χ1n) is 7.38. The van der Waals surface area contributed by atoms with E-state index in [0.29, 0.717) is 5.56 Å². The molecule has 1 amide bonds. The van der Waals surface area contributed by atoms with Gasteiger partial charge in [0.1, 0.15) is 11.6 Å². The van der Waals surface area contributed by atoms with Crippen LogP contribution in [0.1, 0.15) is 31.8 Å². The SMILES string of the molecule is Cc1cccc(C(=O)N(C)/N=C/Cc2ccc(C(=O)O)cc2F)c1F. The number of aromatic carboxylic acids is 1. The van der Waals surface area contributed by atoms with Gasteiger partial charge in [0.05, 0.1) is 11.1 Å². The van der Waals surface area contributed by atoms with Crippen LogP contribution in [0.2, 0.25) is 0 Å². The van der Waals surface area contributed by atoms with Crippen molar-refractivity contribution in [2.24, 2.45) is 5.10 Å². The van der Waals surface area contributed by atoms with E-state index in [1.807, 2.05) is 0 Å². The van der Waals surface area contributed by atoms with Crippen LogP contribution in [-0.4, -0.2) is 35.3 Å². The smallest absolute Gasteiger partial charge is 0.335 e. The molecule has 130 valence electrons. The van der Waals surface area contributed by atoms with E-state index in [-0.39, 0.29) is 23.1 Å². The van der Waals surface area contributed by atoms with Gasteiger partial charge in [-0.2, -0.15) is 5.10 Å². The Bertz CT molecular complexity index is 850. The van der Waals surface area contributed by atoms with Crippen LogP contribution in [0.3, 0.4) is 0 Å². The zero-order chi connectivity index (χ0) is 18.6. The van der Waals surface area contributed by atoms with E-state index in [1.54, 1.807) is 19.1 Å². The van der Waals surface area contributed by atoms with Crippen molar-refractivity contribution in [1.29, 1.82) is 0 Å². The lowest BCUT2D eigenvalue weighted by Crippen LogP contribution is -2.22. The molecule has 25 heavy (non-hydrogen) atoms. The van der Waals surface area contributed by atoms with Gasteiger partial charge in [-0.05, 0) is 36.2 Å². The highest BCUT2D eigenvalue weighted by molar-refractivity contribution is 5.94. The molecule has 1 N–H and O–H groups in total. The summed E-state index contributed by atoms with van der Waals surface area (Å²) < 4.78 is 27.8. The number of carbonyl (C=O) groups excluding carboxylic acids is 1. The van der Waals surface area contributed by atoms with Gasteiger partial charge in [-0.3, -0.25) is 4.79 Å². The third kappa shape index (κ3) is 4.26. The summed E-state index contributed by atoms with van der Waals surface area (Å²) in [6.07, 6.45) is 1.35. The van der Waals surface area contributed by atoms with Crippen molar-refractivity contribution in [2.45, 2.75) is 13.3 Å². The summed E-state index contributed by atoms with van der Waals surface area (Å²) >= 11 is 0. The van der Waals surface area contributed by atoms with Crippen LogP contribution in [0.25, 0.3) is 0 Å². The van der Waals surface area contributed by atoms with Gasteiger partial charge >= 0.3 is 5.97 Å². The van der Waals surface area contributed by atoms with E-state index in [4.69, 9.17) is 5.11 Å². The molecule has 2 aromatic rings. The topological polar surface area (TPSA) is 70.0 Å². The maximum absolute atomic E-state index is 14.0. The summed E-state index contributed by atoms with van der Waals surface area (Å²) in [5, 5.41) is 13.6. The van der Waals surface area contributed by atoms with Crippen molar-refractivity contribution in [3.05, 3.63) is 70.3 Å². The number of carboxylic acid groups (broad SMARTS) is 1. The number of nitrogens with zero attached hydrogens (tertiary/aromatic N) is 2. The number of halogens is 2. The van der Waals surface area contributed by atoms with Gasteiger partial charge < -0.3 is 5.11 Å². The van der Waals surface area contributed by atoms with Crippen molar-refractivity contribution in [3.63, 3.8) is 0 Å². The fourth-order valence-electron chi connectivity index (χ4n) is 2.15. The lowest BCUT2D eigenvalue weighted by atomic mass is 10.1. The lowest BCUT2D eigenvalue weighted by molar-refractivity contribution is 0.0695. The Kier molecular flexibility index (Phi) is 5.59. The number of amides is 1. The minimum Gasteiger partial charge on any atom is -0.478 e. The molecule has 0 heterocycles. The highest BCUT2D eigenvalue weighted by Crippen LogP contribution is 2.14. The monoisotopic (exact) mass is 346 g/mol. The van der Waals surface area contributed by atoms with Crippen molar-refractivity contribution in [3.8, 4) is 0 Å². The maximum Gasteiger partial charge on any atom is 0.335 e. The Morgan fingerprint density at radius 2 is 1.96 bits per heavy atom. The van der Waals surface area contributed by atoms with Crippen molar-refractivity contribution in [1.82, 2.24) is 5.01 Å². The van der Waals surface area contributed by atoms with Crippen molar-refractivity contribution >= 4 is 18.1 Å². The summed E-state index contributed by atoms with van der Waals surface area (Å²) in [4.78, 5) is 22.9. The van der Waals surface area contributed by atoms with Crippen LogP contribution in [0.5, 0.6) is 0 Å². The standard InChI is InChI=1S/C18H16F2N2O3/c1-11-4-3-5-14(16(11)20)17(23)22(2)21-9-8-12-6-7-13(18(24)25)10-15(12)19/h3-7,9-10H,8H2,1-2H3,(H,24,25)/b21-9+. The Balaban J connectivity index is 2.08. The number of hydrogen-bond donors (Lipinski definition) is 1.